The van der Waals surface area contributed by atoms with E-state index < -0.39 is 0 Å². The maximum Gasteiger partial charge on any atom is 0.191 e. The Balaban J connectivity index is 1.81. The lowest BCUT2D eigenvalue weighted by atomic mass is 10.1. The number of nitrogens with one attached hydrogen (secondary N) is 2. The van der Waals surface area contributed by atoms with Crippen LogP contribution < -0.4 is 15.4 Å². The molecule has 0 saturated carbocycles. The minimum absolute atomic E-state index is 0.152. The molecule has 1 unspecified atom stereocenters. The number of aliphatic imine (C=N–C) groups is 1. The van der Waals surface area contributed by atoms with Crippen LogP contribution in [0.1, 0.15) is 37.9 Å². The molecule has 2 aromatic rings. The Labute approximate surface area is 156 Å². The number of hydrogen-bond acceptors (Lipinski definition) is 3. The lowest BCUT2D eigenvalue weighted by Crippen LogP contribution is -2.39. The van der Waals surface area contributed by atoms with Crippen LogP contribution in [0.25, 0.3) is 0 Å². The molecule has 0 bridgehead atoms. The van der Waals surface area contributed by atoms with Crippen molar-refractivity contribution in [1.82, 2.24) is 20.4 Å². The van der Waals surface area contributed by atoms with E-state index in [0.717, 1.165) is 31.3 Å². The first-order valence-corrected chi connectivity index (χ1v) is 9.15. The molecule has 0 aliphatic heterocycles. The highest BCUT2D eigenvalue weighted by Gasteiger charge is 2.08. The third-order valence-electron chi connectivity index (χ3n) is 4.00. The van der Waals surface area contributed by atoms with Gasteiger partial charge in [0.05, 0.1) is 18.8 Å². The SMILES string of the molecule is CN=C(NCCc1cnn(C)c1)NC(C)c1ccc(OCC(C)C)cc1. The number of benzene rings is 1. The molecular weight excluding hydrogens is 326 g/mol. The van der Waals surface area contributed by atoms with Gasteiger partial charge in [0.2, 0.25) is 0 Å². The first-order chi connectivity index (χ1) is 12.5. The summed E-state index contributed by atoms with van der Waals surface area (Å²) in [6.45, 7) is 7.96. The number of guanidine groups is 1. The highest BCUT2D eigenvalue weighted by molar-refractivity contribution is 5.80. The fraction of sp³-hybridized carbons (Fsp3) is 0.500. The summed E-state index contributed by atoms with van der Waals surface area (Å²) >= 11 is 0. The molecule has 0 saturated heterocycles. The number of nitrogens with zero attached hydrogens (tertiary/aromatic N) is 3. The topological polar surface area (TPSA) is 63.5 Å². The normalized spacial score (nSPS) is 12.9. The van der Waals surface area contributed by atoms with E-state index in [4.69, 9.17) is 4.74 Å². The van der Waals surface area contributed by atoms with E-state index in [2.05, 4.69) is 53.6 Å². The Hall–Kier alpha value is -2.50. The van der Waals surface area contributed by atoms with Gasteiger partial charge in [0.1, 0.15) is 5.75 Å². The molecule has 6 heteroatoms. The van der Waals surface area contributed by atoms with E-state index in [1.165, 1.54) is 11.1 Å². The minimum Gasteiger partial charge on any atom is -0.493 e. The molecule has 2 N–H and O–H groups in total. The monoisotopic (exact) mass is 357 g/mol. The van der Waals surface area contributed by atoms with Crippen LogP contribution in [0.2, 0.25) is 0 Å². The van der Waals surface area contributed by atoms with E-state index in [9.17, 15) is 0 Å². The molecule has 26 heavy (non-hydrogen) atoms. The first kappa shape index (κ1) is 19.8. The van der Waals surface area contributed by atoms with Gasteiger partial charge in [-0.1, -0.05) is 26.0 Å². The van der Waals surface area contributed by atoms with Crippen LogP contribution in [0.4, 0.5) is 0 Å². The fourth-order valence-corrected chi connectivity index (χ4v) is 2.52. The largest absolute Gasteiger partial charge is 0.493 e. The first-order valence-electron chi connectivity index (χ1n) is 9.15. The molecule has 2 rings (SSSR count). The standard InChI is InChI=1S/C20H31N5O/c1-15(2)14-26-19-8-6-18(7-9-19)16(3)24-20(21-4)22-11-10-17-12-23-25(5)13-17/h6-9,12-13,15-16H,10-11,14H2,1-5H3,(H2,21,22,24). The summed E-state index contributed by atoms with van der Waals surface area (Å²) in [5, 5.41) is 11.0. The maximum atomic E-state index is 5.74. The quantitative estimate of drug-likeness (QED) is 0.563. The van der Waals surface area contributed by atoms with Gasteiger partial charge in [0, 0.05) is 26.8 Å². The number of rotatable bonds is 8. The van der Waals surface area contributed by atoms with Gasteiger partial charge in [-0.05, 0) is 42.5 Å². The van der Waals surface area contributed by atoms with Crippen molar-refractivity contribution in [2.75, 3.05) is 20.2 Å². The van der Waals surface area contributed by atoms with Gasteiger partial charge in [0.25, 0.3) is 0 Å². The molecule has 142 valence electrons. The summed E-state index contributed by atoms with van der Waals surface area (Å²) in [6, 6.07) is 8.38. The van der Waals surface area contributed by atoms with Crippen LogP contribution in [0.5, 0.6) is 5.75 Å². The fourth-order valence-electron chi connectivity index (χ4n) is 2.52. The summed E-state index contributed by atoms with van der Waals surface area (Å²) in [5.74, 6) is 2.23. The Morgan fingerprint density at radius 3 is 2.54 bits per heavy atom. The predicted molar refractivity (Wildman–Crippen MR) is 107 cm³/mol. The van der Waals surface area contributed by atoms with Crippen molar-refractivity contribution in [3.05, 3.63) is 47.8 Å². The van der Waals surface area contributed by atoms with Crippen LogP contribution in [0.15, 0.2) is 41.7 Å². The predicted octanol–water partition coefficient (Wildman–Crippen LogP) is 2.92. The third-order valence-corrected chi connectivity index (χ3v) is 4.00. The van der Waals surface area contributed by atoms with Crippen molar-refractivity contribution in [2.45, 2.75) is 33.2 Å². The van der Waals surface area contributed by atoms with Crippen molar-refractivity contribution >= 4 is 5.96 Å². The second kappa shape index (κ2) is 9.85. The van der Waals surface area contributed by atoms with Crippen molar-refractivity contribution in [2.24, 2.45) is 18.0 Å². The van der Waals surface area contributed by atoms with E-state index >= 15 is 0 Å². The average Bonchev–Trinajstić information content (AvgIpc) is 3.04. The summed E-state index contributed by atoms with van der Waals surface area (Å²) in [4.78, 5) is 4.31. The minimum atomic E-state index is 0.152. The van der Waals surface area contributed by atoms with E-state index in [0.29, 0.717) is 5.92 Å². The average molecular weight is 358 g/mol. The smallest absolute Gasteiger partial charge is 0.191 e. The molecule has 0 aliphatic carbocycles. The second-order valence-electron chi connectivity index (χ2n) is 6.91. The zero-order chi connectivity index (χ0) is 18.9. The van der Waals surface area contributed by atoms with Crippen LogP contribution in [0, 0.1) is 5.92 Å². The number of aryl methyl sites for hydroxylation is 1. The van der Waals surface area contributed by atoms with Gasteiger partial charge < -0.3 is 15.4 Å². The van der Waals surface area contributed by atoms with Gasteiger partial charge in [0.15, 0.2) is 5.96 Å². The van der Waals surface area contributed by atoms with Crippen molar-refractivity contribution in [1.29, 1.82) is 0 Å². The molecule has 0 aliphatic rings. The Morgan fingerprint density at radius 1 is 1.23 bits per heavy atom. The van der Waals surface area contributed by atoms with Gasteiger partial charge in [-0.15, -0.1) is 0 Å². The van der Waals surface area contributed by atoms with E-state index in [1.807, 2.05) is 36.3 Å². The molecule has 0 fully saturated rings. The lowest BCUT2D eigenvalue weighted by molar-refractivity contribution is 0.271. The highest BCUT2D eigenvalue weighted by atomic mass is 16.5. The van der Waals surface area contributed by atoms with Crippen molar-refractivity contribution in [3.63, 3.8) is 0 Å². The maximum absolute atomic E-state index is 5.74. The highest BCUT2D eigenvalue weighted by Crippen LogP contribution is 2.18. The van der Waals surface area contributed by atoms with Crippen molar-refractivity contribution < 1.29 is 4.74 Å². The van der Waals surface area contributed by atoms with Gasteiger partial charge >= 0.3 is 0 Å². The zero-order valence-corrected chi connectivity index (χ0v) is 16.5. The van der Waals surface area contributed by atoms with Crippen LogP contribution in [0.3, 0.4) is 0 Å². The van der Waals surface area contributed by atoms with Crippen molar-refractivity contribution in [3.8, 4) is 5.75 Å². The molecule has 1 heterocycles. The summed E-state index contributed by atoms with van der Waals surface area (Å²) in [5.41, 5.74) is 2.40. The molecular formula is C20H31N5O. The van der Waals surface area contributed by atoms with Gasteiger partial charge in [-0.2, -0.15) is 5.10 Å². The van der Waals surface area contributed by atoms with E-state index in [1.54, 1.807) is 7.05 Å². The molecule has 1 aromatic heterocycles. The summed E-state index contributed by atoms with van der Waals surface area (Å²) < 4.78 is 7.56. The van der Waals surface area contributed by atoms with Gasteiger partial charge in [-0.3, -0.25) is 9.67 Å². The van der Waals surface area contributed by atoms with Crippen LogP contribution in [-0.4, -0.2) is 35.9 Å². The zero-order valence-electron chi connectivity index (χ0n) is 16.5. The molecule has 0 radical (unpaired) electrons. The Kier molecular flexibility index (Phi) is 7.51. The lowest BCUT2D eigenvalue weighted by Gasteiger charge is -2.18. The third kappa shape index (κ3) is 6.43. The Bertz CT molecular complexity index is 690. The molecule has 0 amide bonds. The molecule has 1 aromatic carbocycles. The molecule has 1 atom stereocenters. The van der Waals surface area contributed by atoms with Crippen LogP contribution >= 0.6 is 0 Å². The van der Waals surface area contributed by atoms with E-state index in [-0.39, 0.29) is 6.04 Å². The summed E-state index contributed by atoms with van der Waals surface area (Å²) in [7, 11) is 3.72. The molecule has 6 nitrogen and oxygen atoms in total. The number of aromatic nitrogens is 2. The molecule has 0 spiro atoms. The second-order valence-corrected chi connectivity index (χ2v) is 6.91. The summed E-state index contributed by atoms with van der Waals surface area (Å²) in [6.07, 6.45) is 4.83. The number of ether oxygens (including phenoxy) is 1. The number of hydrogen-bond donors (Lipinski definition) is 2. The van der Waals surface area contributed by atoms with Crippen LogP contribution in [-0.2, 0) is 13.5 Å². The Morgan fingerprint density at radius 2 is 1.96 bits per heavy atom. The van der Waals surface area contributed by atoms with Gasteiger partial charge in [-0.25, -0.2) is 0 Å².